The van der Waals surface area contributed by atoms with Gasteiger partial charge in [-0.15, -0.1) is 0 Å². The summed E-state index contributed by atoms with van der Waals surface area (Å²) >= 11 is 0. The summed E-state index contributed by atoms with van der Waals surface area (Å²) in [5.41, 5.74) is 1.99. The lowest BCUT2D eigenvalue weighted by molar-refractivity contribution is 0.264. The molecule has 3 heteroatoms. The van der Waals surface area contributed by atoms with Gasteiger partial charge >= 0.3 is 8.56 Å². The lowest BCUT2D eigenvalue weighted by Crippen LogP contribution is -2.33. The van der Waals surface area contributed by atoms with Gasteiger partial charge in [0.1, 0.15) is 0 Å². The number of hydrogen-bond donors (Lipinski definition) is 0. The molecule has 0 fully saturated rings. The van der Waals surface area contributed by atoms with Crippen LogP contribution in [0.3, 0.4) is 0 Å². The Hall–Kier alpha value is -0.123. The minimum atomic E-state index is -1.88. The summed E-state index contributed by atoms with van der Waals surface area (Å²) in [6, 6.07) is 0. The van der Waals surface area contributed by atoms with E-state index in [2.05, 4.69) is 0 Å². The second kappa shape index (κ2) is 3.82. The zero-order valence-electron chi connectivity index (χ0n) is 6.47. The van der Waals surface area contributed by atoms with Crippen molar-refractivity contribution in [2.75, 3.05) is 14.2 Å². The second-order valence-electron chi connectivity index (χ2n) is 1.92. The molecule has 0 aliphatic carbocycles. The molecule has 0 saturated carbocycles. The fourth-order valence-electron chi connectivity index (χ4n) is 0.522. The van der Waals surface area contributed by atoms with E-state index < -0.39 is 8.56 Å². The van der Waals surface area contributed by atoms with E-state index >= 15 is 0 Å². The van der Waals surface area contributed by atoms with Crippen LogP contribution in [0.15, 0.2) is 11.8 Å². The molecule has 0 aromatic rings. The summed E-state index contributed by atoms with van der Waals surface area (Å²) in [4.78, 5) is 0. The Kier molecular flexibility index (Phi) is 3.77. The Balaban J connectivity index is 3.92. The Bertz CT molecular complexity index is 97.2. The Morgan fingerprint density at radius 1 is 1.22 bits per heavy atom. The molecular weight excluding hydrogens is 132 g/mol. The highest BCUT2D eigenvalue weighted by molar-refractivity contribution is 6.71. The summed E-state index contributed by atoms with van der Waals surface area (Å²) in [5.74, 6) is 0. The van der Waals surface area contributed by atoms with E-state index in [-0.39, 0.29) is 0 Å². The highest BCUT2D eigenvalue weighted by atomic mass is 28.4. The third-order valence-electron chi connectivity index (χ3n) is 1.28. The molecule has 0 bridgehead atoms. The van der Waals surface area contributed by atoms with Crippen LogP contribution < -0.4 is 0 Å². The maximum atomic E-state index is 5.16. The monoisotopic (exact) mass is 146 g/mol. The molecule has 0 aromatic heterocycles. The van der Waals surface area contributed by atoms with E-state index in [0.29, 0.717) is 0 Å². The normalized spacial score (nSPS) is 12.9. The molecule has 0 radical (unpaired) electrons. The first-order valence-corrected chi connectivity index (χ1v) is 5.32. The third-order valence-corrected chi connectivity index (χ3v) is 3.84. The zero-order valence-corrected chi connectivity index (χ0v) is 7.47. The van der Waals surface area contributed by atoms with Crippen molar-refractivity contribution in [2.45, 2.75) is 13.5 Å². The quantitative estimate of drug-likeness (QED) is 0.561. The van der Waals surface area contributed by atoms with E-state index in [4.69, 9.17) is 8.85 Å². The average molecular weight is 146 g/mol. The predicted molar refractivity (Wildman–Crippen MR) is 40.5 cm³/mol. The van der Waals surface area contributed by atoms with Crippen molar-refractivity contribution in [3.05, 3.63) is 11.8 Å². The van der Waals surface area contributed by atoms with Crippen molar-refractivity contribution in [2.24, 2.45) is 0 Å². The molecule has 2 nitrogen and oxygen atoms in total. The van der Waals surface area contributed by atoms with Gasteiger partial charge in [0, 0.05) is 14.2 Å². The van der Waals surface area contributed by atoms with Crippen LogP contribution in [0.5, 0.6) is 0 Å². The Morgan fingerprint density at radius 2 is 1.67 bits per heavy atom. The number of hydrogen-bond acceptors (Lipinski definition) is 2. The van der Waals surface area contributed by atoms with Crippen LogP contribution in [-0.2, 0) is 8.85 Å². The lowest BCUT2D eigenvalue weighted by atomic mass is 10.8. The SMILES string of the molecule is CC=C[Si](C)(OC)OC. The van der Waals surface area contributed by atoms with Gasteiger partial charge in [0.2, 0.25) is 0 Å². The first-order valence-electron chi connectivity index (χ1n) is 2.92. The number of rotatable bonds is 3. The molecule has 0 amide bonds. The van der Waals surface area contributed by atoms with Gasteiger partial charge in [0.25, 0.3) is 0 Å². The maximum Gasteiger partial charge on any atom is 0.360 e. The van der Waals surface area contributed by atoms with Crippen LogP contribution in [0.1, 0.15) is 6.92 Å². The van der Waals surface area contributed by atoms with Crippen molar-refractivity contribution in [1.29, 1.82) is 0 Å². The summed E-state index contributed by atoms with van der Waals surface area (Å²) in [7, 11) is 1.47. The van der Waals surface area contributed by atoms with Crippen LogP contribution in [0.25, 0.3) is 0 Å². The molecule has 0 aliphatic rings. The van der Waals surface area contributed by atoms with Gasteiger partial charge in [-0.2, -0.15) is 0 Å². The fraction of sp³-hybridized carbons (Fsp3) is 0.667. The van der Waals surface area contributed by atoms with E-state index in [1.807, 2.05) is 25.2 Å². The highest BCUT2D eigenvalue weighted by Crippen LogP contribution is 2.04. The lowest BCUT2D eigenvalue weighted by Gasteiger charge is -2.17. The third kappa shape index (κ3) is 2.79. The molecule has 0 rings (SSSR count). The first-order chi connectivity index (χ1) is 4.18. The van der Waals surface area contributed by atoms with Crippen molar-refractivity contribution < 1.29 is 8.85 Å². The van der Waals surface area contributed by atoms with Gasteiger partial charge in [-0.05, 0) is 19.2 Å². The van der Waals surface area contributed by atoms with Crippen LogP contribution in [-0.4, -0.2) is 22.8 Å². The molecular formula is C6H14O2Si. The molecule has 0 heterocycles. The Morgan fingerprint density at radius 3 is 1.78 bits per heavy atom. The minimum Gasteiger partial charge on any atom is -0.395 e. The van der Waals surface area contributed by atoms with Crippen molar-refractivity contribution in [3.63, 3.8) is 0 Å². The van der Waals surface area contributed by atoms with Crippen LogP contribution in [0.2, 0.25) is 6.55 Å². The molecule has 54 valence electrons. The van der Waals surface area contributed by atoms with E-state index in [1.165, 1.54) is 0 Å². The van der Waals surface area contributed by atoms with Crippen LogP contribution >= 0.6 is 0 Å². The van der Waals surface area contributed by atoms with E-state index in [0.717, 1.165) is 0 Å². The topological polar surface area (TPSA) is 18.5 Å². The predicted octanol–water partition coefficient (Wildman–Crippen LogP) is 1.47. The summed E-state index contributed by atoms with van der Waals surface area (Å²) in [6.07, 6.45) is 1.96. The van der Waals surface area contributed by atoms with Crippen LogP contribution in [0, 0.1) is 0 Å². The molecule has 0 unspecified atom stereocenters. The maximum absolute atomic E-state index is 5.16. The summed E-state index contributed by atoms with van der Waals surface area (Å²) in [6.45, 7) is 3.95. The summed E-state index contributed by atoms with van der Waals surface area (Å²) in [5, 5.41) is 0. The van der Waals surface area contributed by atoms with Gasteiger partial charge in [-0.3, -0.25) is 0 Å². The van der Waals surface area contributed by atoms with Crippen molar-refractivity contribution in [1.82, 2.24) is 0 Å². The highest BCUT2D eigenvalue weighted by Gasteiger charge is 2.23. The van der Waals surface area contributed by atoms with Gasteiger partial charge < -0.3 is 8.85 Å². The molecule has 0 aromatic carbocycles. The molecule has 0 saturated heterocycles. The van der Waals surface area contributed by atoms with Gasteiger partial charge in [0.15, 0.2) is 0 Å². The second-order valence-corrected chi connectivity index (χ2v) is 5.11. The molecule has 0 spiro atoms. The van der Waals surface area contributed by atoms with E-state index in [1.54, 1.807) is 14.2 Å². The molecule has 0 aliphatic heterocycles. The van der Waals surface area contributed by atoms with Crippen molar-refractivity contribution in [3.8, 4) is 0 Å². The van der Waals surface area contributed by atoms with Crippen LogP contribution in [0.4, 0.5) is 0 Å². The van der Waals surface area contributed by atoms with Crippen molar-refractivity contribution >= 4 is 8.56 Å². The molecule has 0 N–H and O–H groups in total. The van der Waals surface area contributed by atoms with Gasteiger partial charge in [-0.1, -0.05) is 6.08 Å². The smallest absolute Gasteiger partial charge is 0.360 e. The standard InChI is InChI=1S/C6H14O2Si/c1-5-6-9(4,7-2)8-3/h5-6H,1-4H3. The number of allylic oxidation sites excluding steroid dienone is 1. The molecule has 9 heavy (non-hydrogen) atoms. The van der Waals surface area contributed by atoms with Gasteiger partial charge in [0.05, 0.1) is 0 Å². The first kappa shape index (κ1) is 8.88. The minimum absolute atomic E-state index is 1.68. The van der Waals surface area contributed by atoms with Gasteiger partial charge in [-0.25, -0.2) is 0 Å². The zero-order chi connectivity index (χ0) is 7.33. The average Bonchev–Trinajstić information content (AvgIpc) is 1.89. The van der Waals surface area contributed by atoms with E-state index in [9.17, 15) is 0 Å². The fourth-order valence-corrected chi connectivity index (χ4v) is 1.57. The largest absolute Gasteiger partial charge is 0.395 e. The summed E-state index contributed by atoms with van der Waals surface area (Å²) < 4.78 is 10.3. The Labute approximate surface area is 57.7 Å². The molecule has 0 atom stereocenters.